The van der Waals surface area contributed by atoms with Gasteiger partial charge in [-0.3, -0.25) is 4.79 Å². The van der Waals surface area contributed by atoms with Crippen LogP contribution < -0.4 is 5.32 Å². The third-order valence-electron chi connectivity index (χ3n) is 5.95. The van der Waals surface area contributed by atoms with Gasteiger partial charge in [-0.25, -0.2) is 0 Å². The van der Waals surface area contributed by atoms with Crippen LogP contribution in [-0.2, 0) is 4.79 Å². The van der Waals surface area contributed by atoms with Crippen LogP contribution in [0.2, 0.25) is 0 Å². The Bertz CT molecular complexity index is 352. The number of rotatable bonds is 4. The highest BCUT2D eigenvalue weighted by Gasteiger charge is 2.60. The van der Waals surface area contributed by atoms with Crippen LogP contribution >= 0.6 is 0 Å². The monoisotopic (exact) mass is 251 g/mol. The summed E-state index contributed by atoms with van der Waals surface area (Å²) in [6.07, 6.45) is 7.32. The van der Waals surface area contributed by atoms with Crippen LogP contribution in [0, 0.1) is 23.2 Å². The fourth-order valence-electron chi connectivity index (χ4n) is 5.68. The highest BCUT2D eigenvalue weighted by molar-refractivity contribution is 5.70. The molecule has 0 aliphatic heterocycles. The second-order valence-electron chi connectivity index (χ2n) is 7.19. The Morgan fingerprint density at radius 2 is 1.94 bits per heavy atom. The Balaban J connectivity index is 1.91. The average molecular weight is 251 g/mol. The van der Waals surface area contributed by atoms with Crippen molar-refractivity contribution in [2.24, 2.45) is 23.2 Å². The lowest BCUT2D eigenvalue weighted by molar-refractivity contribution is -0.159. The number of nitrogens with one attached hydrogen (secondary N) is 1. The lowest BCUT2D eigenvalue weighted by Crippen LogP contribution is -2.63. The number of hydrogen-bond acceptors (Lipinski definition) is 2. The summed E-state index contributed by atoms with van der Waals surface area (Å²) in [5.74, 6) is 0.768. The van der Waals surface area contributed by atoms with Crippen molar-refractivity contribution < 1.29 is 9.90 Å². The smallest absolute Gasteiger partial charge is 0.306 e. The molecule has 0 amide bonds. The molecule has 0 aromatic rings. The number of carbonyl (C=O) groups is 1. The van der Waals surface area contributed by atoms with Crippen LogP contribution in [0.25, 0.3) is 0 Å². The van der Waals surface area contributed by atoms with Gasteiger partial charge in [0, 0.05) is 5.54 Å². The standard InChI is InChI=1S/C15H25NO2/c1-3-16-15-7-11-4-12(8-15)6-14(5-11,9-15)10(2)13(17)18/h10-12,16H,3-9H2,1-2H3,(H,17,18). The maximum absolute atomic E-state index is 11.5. The third-order valence-corrected chi connectivity index (χ3v) is 5.95. The minimum Gasteiger partial charge on any atom is -0.481 e. The minimum absolute atomic E-state index is 0.0814. The van der Waals surface area contributed by atoms with E-state index in [1.165, 1.54) is 19.3 Å². The van der Waals surface area contributed by atoms with Crippen LogP contribution in [-0.4, -0.2) is 23.2 Å². The fraction of sp³-hybridized carbons (Fsp3) is 0.933. The Hall–Kier alpha value is -0.570. The van der Waals surface area contributed by atoms with Crippen molar-refractivity contribution in [3.8, 4) is 0 Å². The van der Waals surface area contributed by atoms with Crippen molar-refractivity contribution in [3.05, 3.63) is 0 Å². The Morgan fingerprint density at radius 3 is 2.44 bits per heavy atom. The highest BCUT2D eigenvalue weighted by Crippen LogP contribution is 2.64. The summed E-state index contributed by atoms with van der Waals surface area (Å²) in [7, 11) is 0. The predicted octanol–water partition coefficient (Wildman–Crippen LogP) is 2.66. The van der Waals surface area contributed by atoms with E-state index in [0.717, 1.165) is 37.6 Å². The summed E-state index contributed by atoms with van der Waals surface area (Å²) >= 11 is 0. The summed E-state index contributed by atoms with van der Waals surface area (Å²) < 4.78 is 0. The lowest BCUT2D eigenvalue weighted by atomic mass is 9.44. The van der Waals surface area contributed by atoms with Crippen LogP contribution in [0.1, 0.15) is 52.4 Å². The molecule has 0 heterocycles. The van der Waals surface area contributed by atoms with Gasteiger partial charge in [0.25, 0.3) is 0 Å². The molecule has 0 aromatic heterocycles. The number of carboxylic acids is 1. The van der Waals surface area contributed by atoms with Crippen molar-refractivity contribution in [2.45, 2.75) is 57.9 Å². The van der Waals surface area contributed by atoms with E-state index in [4.69, 9.17) is 0 Å². The largest absolute Gasteiger partial charge is 0.481 e. The third kappa shape index (κ3) is 1.70. The topological polar surface area (TPSA) is 49.3 Å². The summed E-state index contributed by atoms with van der Waals surface area (Å²) in [5, 5.41) is 13.2. The van der Waals surface area contributed by atoms with Gasteiger partial charge in [0.05, 0.1) is 5.92 Å². The second-order valence-corrected chi connectivity index (χ2v) is 7.19. The maximum atomic E-state index is 11.5. The van der Waals surface area contributed by atoms with E-state index in [0.29, 0.717) is 0 Å². The molecule has 4 aliphatic carbocycles. The zero-order chi connectivity index (χ0) is 13.0. The molecule has 2 N–H and O–H groups in total. The SMILES string of the molecule is CCNC12CC3CC(C1)CC(C(C)C(=O)O)(C3)C2. The molecular formula is C15H25NO2. The van der Waals surface area contributed by atoms with Gasteiger partial charge >= 0.3 is 5.97 Å². The van der Waals surface area contributed by atoms with E-state index in [1.54, 1.807) is 0 Å². The van der Waals surface area contributed by atoms with E-state index in [-0.39, 0.29) is 16.9 Å². The molecule has 3 nitrogen and oxygen atoms in total. The van der Waals surface area contributed by atoms with Crippen molar-refractivity contribution in [1.82, 2.24) is 5.32 Å². The quantitative estimate of drug-likeness (QED) is 0.807. The Labute approximate surface area is 109 Å². The molecule has 4 rings (SSSR count). The molecule has 0 radical (unpaired) electrons. The molecule has 4 aliphatic rings. The summed E-state index contributed by atoms with van der Waals surface area (Å²) in [6, 6.07) is 0. The van der Waals surface area contributed by atoms with Crippen LogP contribution in [0.15, 0.2) is 0 Å². The van der Waals surface area contributed by atoms with E-state index >= 15 is 0 Å². The summed E-state index contributed by atoms with van der Waals surface area (Å²) in [4.78, 5) is 11.5. The number of hydrogen-bond donors (Lipinski definition) is 2. The molecule has 0 aromatic carbocycles. The Morgan fingerprint density at radius 1 is 1.33 bits per heavy atom. The summed E-state index contributed by atoms with van der Waals surface area (Å²) in [5.41, 5.74) is 0.348. The molecule has 18 heavy (non-hydrogen) atoms. The molecule has 0 saturated heterocycles. The van der Waals surface area contributed by atoms with Crippen molar-refractivity contribution in [3.63, 3.8) is 0 Å². The minimum atomic E-state index is -0.594. The number of aliphatic carboxylic acids is 1. The van der Waals surface area contributed by atoms with Gasteiger partial charge in [0.15, 0.2) is 0 Å². The van der Waals surface area contributed by atoms with E-state index in [1.807, 2.05) is 6.92 Å². The van der Waals surface area contributed by atoms with Gasteiger partial charge in [-0.15, -0.1) is 0 Å². The second kappa shape index (κ2) is 3.96. The molecular weight excluding hydrogens is 226 g/mol. The van der Waals surface area contributed by atoms with Crippen molar-refractivity contribution >= 4 is 5.97 Å². The fourth-order valence-corrected chi connectivity index (χ4v) is 5.68. The van der Waals surface area contributed by atoms with E-state index < -0.39 is 5.97 Å². The first-order valence-electron chi connectivity index (χ1n) is 7.46. The van der Waals surface area contributed by atoms with E-state index in [9.17, 15) is 9.90 Å². The normalized spacial score (nSPS) is 47.2. The maximum Gasteiger partial charge on any atom is 0.306 e. The first-order valence-corrected chi connectivity index (χ1v) is 7.46. The van der Waals surface area contributed by atoms with Crippen LogP contribution in [0.5, 0.6) is 0 Å². The molecule has 4 saturated carbocycles. The molecule has 102 valence electrons. The lowest BCUT2D eigenvalue weighted by Gasteiger charge is -2.63. The van der Waals surface area contributed by atoms with Crippen molar-refractivity contribution in [1.29, 1.82) is 0 Å². The number of carboxylic acid groups (broad SMARTS) is 1. The average Bonchev–Trinajstić information content (AvgIpc) is 2.25. The highest BCUT2D eigenvalue weighted by atomic mass is 16.4. The van der Waals surface area contributed by atoms with Gasteiger partial charge in [0.2, 0.25) is 0 Å². The molecule has 3 atom stereocenters. The summed E-state index contributed by atoms with van der Waals surface area (Å²) in [6.45, 7) is 5.12. The van der Waals surface area contributed by atoms with Crippen LogP contribution in [0.3, 0.4) is 0 Å². The zero-order valence-electron chi connectivity index (χ0n) is 11.5. The van der Waals surface area contributed by atoms with Gasteiger partial charge in [-0.1, -0.05) is 13.8 Å². The Kier molecular flexibility index (Phi) is 2.74. The molecule has 3 heteroatoms. The van der Waals surface area contributed by atoms with E-state index in [2.05, 4.69) is 12.2 Å². The molecule has 4 bridgehead atoms. The van der Waals surface area contributed by atoms with Crippen molar-refractivity contribution in [2.75, 3.05) is 6.54 Å². The van der Waals surface area contributed by atoms with Gasteiger partial charge in [-0.05, 0) is 62.3 Å². The van der Waals surface area contributed by atoms with Gasteiger partial charge in [0.1, 0.15) is 0 Å². The van der Waals surface area contributed by atoms with Crippen LogP contribution in [0.4, 0.5) is 0 Å². The molecule has 3 unspecified atom stereocenters. The predicted molar refractivity (Wildman–Crippen MR) is 70.3 cm³/mol. The molecule has 0 spiro atoms. The first-order chi connectivity index (χ1) is 8.49. The first kappa shape index (κ1) is 12.5. The van der Waals surface area contributed by atoms with Gasteiger partial charge in [-0.2, -0.15) is 0 Å². The van der Waals surface area contributed by atoms with Gasteiger partial charge < -0.3 is 10.4 Å². The molecule has 4 fully saturated rings. The zero-order valence-corrected chi connectivity index (χ0v) is 11.5.